The SMILES string of the molecule is CCOc1cc(Br)c(/C=C2\SC(=O)N(c3ccc(Cl)cc3)C2=O)cc1OC. The summed E-state index contributed by atoms with van der Waals surface area (Å²) in [5.74, 6) is 0.758. The molecule has 1 saturated heterocycles. The summed E-state index contributed by atoms with van der Waals surface area (Å²) in [6.45, 7) is 2.39. The topological polar surface area (TPSA) is 55.8 Å². The first kappa shape index (κ1) is 19.8. The number of thioether (sulfide) groups is 1. The third-order valence-corrected chi connectivity index (χ3v) is 5.56. The number of ether oxygens (including phenoxy) is 2. The predicted molar refractivity (Wildman–Crippen MR) is 112 cm³/mol. The van der Waals surface area contributed by atoms with Gasteiger partial charge in [0.05, 0.1) is 24.3 Å². The average molecular weight is 469 g/mol. The molecule has 140 valence electrons. The number of methoxy groups -OCH3 is 1. The monoisotopic (exact) mass is 467 g/mol. The summed E-state index contributed by atoms with van der Waals surface area (Å²) in [6, 6.07) is 10.1. The van der Waals surface area contributed by atoms with E-state index in [0.717, 1.165) is 21.1 Å². The molecule has 8 heteroatoms. The Bertz CT molecular complexity index is 930. The van der Waals surface area contributed by atoms with Gasteiger partial charge in [0.25, 0.3) is 11.1 Å². The Morgan fingerprint density at radius 3 is 2.52 bits per heavy atom. The van der Waals surface area contributed by atoms with Gasteiger partial charge in [-0.25, -0.2) is 4.90 Å². The maximum Gasteiger partial charge on any atom is 0.298 e. The van der Waals surface area contributed by atoms with Gasteiger partial charge in [0.2, 0.25) is 0 Å². The summed E-state index contributed by atoms with van der Waals surface area (Å²) >= 11 is 10.2. The van der Waals surface area contributed by atoms with Gasteiger partial charge in [0, 0.05) is 9.50 Å². The number of benzene rings is 2. The molecule has 2 aromatic carbocycles. The summed E-state index contributed by atoms with van der Waals surface area (Å²) in [7, 11) is 1.55. The molecule has 0 spiro atoms. The summed E-state index contributed by atoms with van der Waals surface area (Å²) in [5.41, 5.74) is 1.19. The smallest absolute Gasteiger partial charge is 0.298 e. The van der Waals surface area contributed by atoms with Crippen molar-refractivity contribution < 1.29 is 19.1 Å². The highest BCUT2D eigenvalue weighted by Crippen LogP contribution is 2.39. The summed E-state index contributed by atoms with van der Waals surface area (Å²) in [4.78, 5) is 26.6. The van der Waals surface area contributed by atoms with Gasteiger partial charge in [-0.1, -0.05) is 27.5 Å². The number of carbonyl (C=O) groups is 2. The van der Waals surface area contributed by atoms with Gasteiger partial charge in [-0.2, -0.15) is 0 Å². The highest BCUT2D eigenvalue weighted by molar-refractivity contribution is 9.10. The number of halogens is 2. The number of nitrogens with zero attached hydrogens (tertiary/aromatic N) is 1. The molecule has 0 aromatic heterocycles. The molecule has 3 rings (SSSR count). The van der Waals surface area contributed by atoms with Crippen molar-refractivity contribution in [2.24, 2.45) is 0 Å². The van der Waals surface area contributed by atoms with Crippen LogP contribution in [-0.2, 0) is 4.79 Å². The molecule has 0 N–H and O–H groups in total. The number of amides is 2. The molecule has 0 saturated carbocycles. The zero-order valence-electron chi connectivity index (χ0n) is 14.5. The van der Waals surface area contributed by atoms with Crippen LogP contribution in [0.15, 0.2) is 45.8 Å². The molecule has 0 radical (unpaired) electrons. The third kappa shape index (κ3) is 4.15. The summed E-state index contributed by atoms with van der Waals surface area (Å²) in [5, 5.41) is 0.175. The standard InChI is InChI=1S/C19H15BrClNO4S/c1-3-26-16-10-14(20)11(8-15(16)25-2)9-17-18(23)22(19(24)27-17)13-6-4-12(21)5-7-13/h4-10H,3H2,1-2H3/b17-9-. The van der Waals surface area contributed by atoms with Crippen LogP contribution in [0.4, 0.5) is 10.5 Å². The van der Waals surface area contributed by atoms with Gasteiger partial charge in [-0.05, 0) is 66.7 Å². The van der Waals surface area contributed by atoms with E-state index in [1.54, 1.807) is 49.6 Å². The lowest BCUT2D eigenvalue weighted by Gasteiger charge is -2.12. The molecule has 0 atom stereocenters. The van der Waals surface area contributed by atoms with Gasteiger partial charge in [0.1, 0.15) is 0 Å². The maximum atomic E-state index is 12.8. The van der Waals surface area contributed by atoms with Crippen molar-refractivity contribution in [3.05, 3.63) is 56.4 Å². The molecule has 2 amide bonds. The number of anilines is 1. The quantitative estimate of drug-likeness (QED) is 0.523. The highest BCUT2D eigenvalue weighted by Gasteiger charge is 2.36. The van der Waals surface area contributed by atoms with Crippen LogP contribution in [0.25, 0.3) is 6.08 Å². The maximum absolute atomic E-state index is 12.8. The van der Waals surface area contributed by atoms with Crippen molar-refractivity contribution in [3.8, 4) is 11.5 Å². The molecule has 0 bridgehead atoms. The minimum atomic E-state index is -0.382. The van der Waals surface area contributed by atoms with E-state index >= 15 is 0 Å². The molecule has 0 unspecified atom stereocenters. The molecule has 1 fully saturated rings. The number of rotatable bonds is 5. The Hall–Kier alpha value is -1.96. The van der Waals surface area contributed by atoms with Crippen molar-refractivity contribution in [2.75, 3.05) is 18.6 Å². The van der Waals surface area contributed by atoms with Gasteiger partial charge in [-0.15, -0.1) is 0 Å². The van der Waals surface area contributed by atoms with E-state index in [4.69, 9.17) is 21.1 Å². The van der Waals surface area contributed by atoms with Crippen molar-refractivity contribution in [2.45, 2.75) is 6.92 Å². The Kier molecular flexibility index (Phi) is 6.14. The lowest BCUT2D eigenvalue weighted by atomic mass is 10.1. The van der Waals surface area contributed by atoms with Crippen molar-refractivity contribution in [3.63, 3.8) is 0 Å². The van der Waals surface area contributed by atoms with E-state index in [1.807, 2.05) is 6.92 Å². The van der Waals surface area contributed by atoms with Crippen LogP contribution in [-0.4, -0.2) is 24.9 Å². The zero-order valence-corrected chi connectivity index (χ0v) is 17.7. The van der Waals surface area contributed by atoms with Crippen molar-refractivity contribution >= 4 is 62.2 Å². The number of hydrogen-bond acceptors (Lipinski definition) is 5. The third-order valence-electron chi connectivity index (χ3n) is 3.75. The second kappa shape index (κ2) is 8.37. The van der Waals surface area contributed by atoms with E-state index in [0.29, 0.717) is 39.3 Å². The van der Waals surface area contributed by atoms with E-state index < -0.39 is 0 Å². The molecule has 2 aromatic rings. The fourth-order valence-electron chi connectivity index (χ4n) is 2.51. The van der Waals surface area contributed by atoms with Gasteiger partial charge in [0.15, 0.2) is 11.5 Å². The van der Waals surface area contributed by atoms with E-state index in [2.05, 4.69) is 15.9 Å². The number of carbonyl (C=O) groups excluding carboxylic acids is 2. The fourth-order valence-corrected chi connectivity index (χ4v) is 3.91. The second-order valence-electron chi connectivity index (χ2n) is 5.45. The Balaban J connectivity index is 1.95. The lowest BCUT2D eigenvalue weighted by molar-refractivity contribution is -0.113. The average Bonchev–Trinajstić information content (AvgIpc) is 2.92. The van der Waals surface area contributed by atoms with E-state index in [9.17, 15) is 9.59 Å². The molecule has 1 aliphatic rings. The minimum absolute atomic E-state index is 0.321. The number of imide groups is 1. The first-order valence-electron chi connectivity index (χ1n) is 7.98. The van der Waals surface area contributed by atoms with Crippen LogP contribution in [0, 0.1) is 0 Å². The molecular weight excluding hydrogens is 454 g/mol. The van der Waals surface area contributed by atoms with Crippen LogP contribution in [0.2, 0.25) is 5.02 Å². The highest BCUT2D eigenvalue weighted by atomic mass is 79.9. The first-order chi connectivity index (χ1) is 12.9. The van der Waals surface area contributed by atoms with Gasteiger partial charge in [-0.3, -0.25) is 9.59 Å². The molecule has 5 nitrogen and oxygen atoms in total. The molecule has 1 aliphatic heterocycles. The lowest BCUT2D eigenvalue weighted by Crippen LogP contribution is -2.27. The second-order valence-corrected chi connectivity index (χ2v) is 7.74. The van der Waals surface area contributed by atoms with Gasteiger partial charge < -0.3 is 9.47 Å². The van der Waals surface area contributed by atoms with Crippen LogP contribution >= 0.6 is 39.3 Å². The van der Waals surface area contributed by atoms with Crippen molar-refractivity contribution in [1.29, 1.82) is 0 Å². The molecule has 0 aliphatic carbocycles. The van der Waals surface area contributed by atoms with Crippen LogP contribution in [0.1, 0.15) is 12.5 Å². The van der Waals surface area contributed by atoms with E-state index in [1.165, 1.54) is 0 Å². The van der Waals surface area contributed by atoms with Gasteiger partial charge >= 0.3 is 0 Å². The molecule has 27 heavy (non-hydrogen) atoms. The summed E-state index contributed by atoms with van der Waals surface area (Å²) < 4.78 is 11.6. The normalized spacial score (nSPS) is 15.6. The Morgan fingerprint density at radius 2 is 1.89 bits per heavy atom. The van der Waals surface area contributed by atoms with E-state index in [-0.39, 0.29) is 11.1 Å². The fraction of sp³-hybridized carbons (Fsp3) is 0.158. The van der Waals surface area contributed by atoms with Crippen LogP contribution in [0.5, 0.6) is 11.5 Å². The van der Waals surface area contributed by atoms with Crippen LogP contribution < -0.4 is 14.4 Å². The Morgan fingerprint density at radius 1 is 1.19 bits per heavy atom. The van der Waals surface area contributed by atoms with Crippen LogP contribution in [0.3, 0.4) is 0 Å². The number of hydrogen-bond donors (Lipinski definition) is 0. The zero-order chi connectivity index (χ0) is 19.6. The predicted octanol–water partition coefficient (Wildman–Crippen LogP) is 5.75. The Labute approximate surface area is 174 Å². The summed E-state index contributed by atoms with van der Waals surface area (Å²) in [6.07, 6.45) is 1.66. The van der Waals surface area contributed by atoms with Crippen molar-refractivity contribution in [1.82, 2.24) is 0 Å². The molecule has 1 heterocycles. The molecular formula is C19H15BrClNO4S. The first-order valence-corrected chi connectivity index (χ1v) is 9.97. The largest absolute Gasteiger partial charge is 0.493 e. The minimum Gasteiger partial charge on any atom is -0.493 e.